The van der Waals surface area contributed by atoms with Crippen molar-refractivity contribution in [2.24, 2.45) is 0 Å². The number of aliphatic hydroxyl groups excluding tert-OH is 2. The summed E-state index contributed by atoms with van der Waals surface area (Å²) in [4.78, 5) is 0. The van der Waals surface area contributed by atoms with Crippen molar-refractivity contribution < 1.29 is 10.2 Å². The molecular formula is C17H37NO2. The van der Waals surface area contributed by atoms with Gasteiger partial charge in [-0.3, -0.25) is 0 Å². The maximum Gasteiger partial charge on any atom is 0.0431 e. The van der Waals surface area contributed by atoms with Crippen molar-refractivity contribution in [2.75, 3.05) is 26.3 Å². The van der Waals surface area contributed by atoms with E-state index in [4.69, 9.17) is 10.2 Å². The molecule has 0 saturated carbocycles. The van der Waals surface area contributed by atoms with E-state index >= 15 is 0 Å². The third-order valence-electron chi connectivity index (χ3n) is 3.77. The maximum absolute atomic E-state index is 8.66. The van der Waals surface area contributed by atoms with E-state index in [-0.39, 0.29) is 0 Å². The molecule has 0 spiro atoms. The molecule has 3 nitrogen and oxygen atoms in total. The van der Waals surface area contributed by atoms with Crippen molar-refractivity contribution in [3.63, 3.8) is 0 Å². The van der Waals surface area contributed by atoms with E-state index < -0.39 is 0 Å². The van der Waals surface area contributed by atoms with Crippen molar-refractivity contribution in [2.45, 2.75) is 83.5 Å². The summed E-state index contributed by atoms with van der Waals surface area (Å²) in [6.45, 7) is 3.02. The number of rotatable bonds is 17. The molecule has 20 heavy (non-hydrogen) atoms. The minimum absolute atomic E-state index is 0.347. The SMILES string of the molecule is OCCCCCCCCCCNCCCCCCCO. The van der Waals surface area contributed by atoms with Gasteiger partial charge in [0.1, 0.15) is 0 Å². The van der Waals surface area contributed by atoms with Crippen LogP contribution >= 0.6 is 0 Å². The summed E-state index contributed by atoms with van der Waals surface area (Å²) >= 11 is 0. The maximum atomic E-state index is 8.66. The zero-order valence-corrected chi connectivity index (χ0v) is 13.4. The Balaban J connectivity index is 2.89. The number of hydrogen-bond acceptors (Lipinski definition) is 3. The summed E-state index contributed by atoms with van der Waals surface area (Å²) in [5.74, 6) is 0. The van der Waals surface area contributed by atoms with Crippen LogP contribution < -0.4 is 5.32 Å². The van der Waals surface area contributed by atoms with E-state index in [1.54, 1.807) is 0 Å². The average molecular weight is 287 g/mol. The van der Waals surface area contributed by atoms with Crippen molar-refractivity contribution in [3.05, 3.63) is 0 Å². The molecule has 3 N–H and O–H groups in total. The smallest absolute Gasteiger partial charge is 0.0431 e. The summed E-state index contributed by atoms with van der Waals surface area (Å²) in [5.41, 5.74) is 0. The van der Waals surface area contributed by atoms with Gasteiger partial charge in [-0.25, -0.2) is 0 Å². The van der Waals surface area contributed by atoms with Gasteiger partial charge in [-0.1, -0.05) is 57.8 Å². The van der Waals surface area contributed by atoms with Gasteiger partial charge in [0.25, 0.3) is 0 Å². The normalized spacial score (nSPS) is 11.1. The predicted molar refractivity (Wildman–Crippen MR) is 87.1 cm³/mol. The van der Waals surface area contributed by atoms with Crippen LogP contribution in [0.2, 0.25) is 0 Å². The molecule has 0 aliphatic rings. The van der Waals surface area contributed by atoms with Gasteiger partial charge in [0.2, 0.25) is 0 Å². The molecule has 0 aliphatic carbocycles. The van der Waals surface area contributed by atoms with E-state index in [1.807, 2.05) is 0 Å². The Bertz CT molecular complexity index is 147. The van der Waals surface area contributed by atoms with Gasteiger partial charge in [0.15, 0.2) is 0 Å². The lowest BCUT2D eigenvalue weighted by Gasteiger charge is -2.05. The lowest BCUT2D eigenvalue weighted by molar-refractivity contribution is 0.282. The third kappa shape index (κ3) is 17.9. The molecule has 0 aromatic carbocycles. The zero-order chi connectivity index (χ0) is 14.7. The Kier molecular flexibility index (Phi) is 18.8. The molecule has 0 bridgehead atoms. The van der Waals surface area contributed by atoms with Gasteiger partial charge < -0.3 is 15.5 Å². The largest absolute Gasteiger partial charge is 0.396 e. The highest BCUT2D eigenvalue weighted by molar-refractivity contribution is 4.52. The van der Waals surface area contributed by atoms with Gasteiger partial charge >= 0.3 is 0 Å². The van der Waals surface area contributed by atoms with Crippen LogP contribution in [0.25, 0.3) is 0 Å². The van der Waals surface area contributed by atoms with E-state index in [0.29, 0.717) is 13.2 Å². The predicted octanol–water partition coefficient (Wildman–Crippen LogP) is 3.63. The Labute approximate surface area is 126 Å². The Hall–Kier alpha value is -0.120. The number of hydrogen-bond donors (Lipinski definition) is 3. The molecule has 0 rings (SSSR count). The standard InChI is InChI=1S/C17H37NO2/c19-16-12-8-4-2-1-3-6-10-14-18-15-11-7-5-9-13-17-20/h18-20H,1-17H2. The first-order chi connectivity index (χ1) is 9.91. The van der Waals surface area contributed by atoms with E-state index in [1.165, 1.54) is 77.2 Å². The molecule has 0 atom stereocenters. The van der Waals surface area contributed by atoms with Gasteiger partial charge in [-0.2, -0.15) is 0 Å². The average Bonchev–Trinajstić information content (AvgIpc) is 2.47. The van der Waals surface area contributed by atoms with Crippen molar-refractivity contribution in [3.8, 4) is 0 Å². The second-order valence-electron chi connectivity index (χ2n) is 5.79. The van der Waals surface area contributed by atoms with Crippen LogP contribution in [0.15, 0.2) is 0 Å². The fourth-order valence-electron chi connectivity index (χ4n) is 2.44. The van der Waals surface area contributed by atoms with E-state index in [9.17, 15) is 0 Å². The quantitative estimate of drug-likeness (QED) is 0.358. The molecule has 0 aliphatic heterocycles. The summed E-state index contributed by atoms with van der Waals surface area (Å²) in [7, 11) is 0. The van der Waals surface area contributed by atoms with Crippen LogP contribution in [0.4, 0.5) is 0 Å². The number of nitrogens with one attached hydrogen (secondary N) is 1. The van der Waals surface area contributed by atoms with Crippen LogP contribution in [0, 0.1) is 0 Å². The summed E-state index contributed by atoms with van der Waals surface area (Å²) in [5, 5.41) is 20.8. The molecule has 0 aromatic heterocycles. The zero-order valence-electron chi connectivity index (χ0n) is 13.4. The molecule has 122 valence electrons. The molecule has 0 fully saturated rings. The second-order valence-corrected chi connectivity index (χ2v) is 5.79. The number of aliphatic hydroxyl groups is 2. The monoisotopic (exact) mass is 287 g/mol. The Morgan fingerprint density at radius 2 is 0.700 bits per heavy atom. The van der Waals surface area contributed by atoms with Crippen LogP contribution in [0.3, 0.4) is 0 Å². The molecule has 0 amide bonds. The van der Waals surface area contributed by atoms with Crippen LogP contribution in [0.1, 0.15) is 83.5 Å². The lowest BCUT2D eigenvalue weighted by atomic mass is 10.1. The number of unbranched alkanes of at least 4 members (excludes halogenated alkanes) is 11. The minimum atomic E-state index is 0.347. The highest BCUT2D eigenvalue weighted by Crippen LogP contribution is 2.08. The molecule has 0 unspecified atom stereocenters. The molecule has 3 heteroatoms. The highest BCUT2D eigenvalue weighted by atomic mass is 16.3. The molecular weight excluding hydrogens is 250 g/mol. The summed E-state index contributed by atoms with van der Waals surface area (Å²) < 4.78 is 0. The molecule has 0 saturated heterocycles. The van der Waals surface area contributed by atoms with Crippen LogP contribution in [-0.4, -0.2) is 36.5 Å². The molecule has 0 radical (unpaired) electrons. The third-order valence-corrected chi connectivity index (χ3v) is 3.77. The fourth-order valence-corrected chi connectivity index (χ4v) is 2.44. The minimum Gasteiger partial charge on any atom is -0.396 e. The fraction of sp³-hybridized carbons (Fsp3) is 1.00. The Morgan fingerprint density at radius 3 is 1.05 bits per heavy atom. The van der Waals surface area contributed by atoms with Crippen LogP contribution in [-0.2, 0) is 0 Å². The Morgan fingerprint density at radius 1 is 0.400 bits per heavy atom. The van der Waals surface area contributed by atoms with Gasteiger partial charge in [0.05, 0.1) is 0 Å². The first kappa shape index (κ1) is 19.9. The van der Waals surface area contributed by atoms with Crippen molar-refractivity contribution in [1.82, 2.24) is 5.32 Å². The highest BCUT2D eigenvalue weighted by Gasteiger charge is 1.93. The van der Waals surface area contributed by atoms with Gasteiger partial charge in [0, 0.05) is 13.2 Å². The van der Waals surface area contributed by atoms with Crippen LogP contribution in [0.5, 0.6) is 0 Å². The first-order valence-electron chi connectivity index (χ1n) is 8.84. The molecule has 0 aromatic rings. The first-order valence-corrected chi connectivity index (χ1v) is 8.84. The van der Waals surface area contributed by atoms with Crippen molar-refractivity contribution >= 4 is 0 Å². The van der Waals surface area contributed by atoms with E-state index in [0.717, 1.165) is 19.4 Å². The van der Waals surface area contributed by atoms with E-state index in [2.05, 4.69) is 5.32 Å². The van der Waals surface area contributed by atoms with Crippen molar-refractivity contribution in [1.29, 1.82) is 0 Å². The van der Waals surface area contributed by atoms with Gasteiger partial charge in [-0.15, -0.1) is 0 Å². The molecule has 0 heterocycles. The lowest BCUT2D eigenvalue weighted by Crippen LogP contribution is -2.16. The second kappa shape index (κ2) is 18.9. The summed E-state index contributed by atoms with van der Waals surface area (Å²) in [6.07, 6.45) is 16.1. The topological polar surface area (TPSA) is 52.5 Å². The summed E-state index contributed by atoms with van der Waals surface area (Å²) in [6, 6.07) is 0. The van der Waals surface area contributed by atoms with Gasteiger partial charge in [-0.05, 0) is 38.8 Å².